The van der Waals surface area contributed by atoms with Gasteiger partial charge in [-0.3, -0.25) is 0 Å². The van der Waals surface area contributed by atoms with E-state index in [1.165, 1.54) is 19.4 Å². The first-order chi connectivity index (χ1) is 7.75. The fourth-order valence-corrected chi connectivity index (χ4v) is 2.40. The standard InChI is InChI=1S/C14H21NO/c1-12-11-15(2)10-6-9-14(12)16-13-7-4-3-5-8-13/h3-5,7-8,12,14H,6,9-11H2,1-2H3. The number of rotatable bonds is 2. The van der Waals surface area contributed by atoms with E-state index in [1.54, 1.807) is 0 Å². The molecule has 0 spiro atoms. The third-order valence-corrected chi connectivity index (χ3v) is 3.29. The van der Waals surface area contributed by atoms with Crippen molar-refractivity contribution in [2.24, 2.45) is 5.92 Å². The minimum absolute atomic E-state index is 0.368. The van der Waals surface area contributed by atoms with Gasteiger partial charge in [-0.2, -0.15) is 0 Å². The van der Waals surface area contributed by atoms with Gasteiger partial charge in [-0.25, -0.2) is 0 Å². The van der Waals surface area contributed by atoms with Gasteiger partial charge in [0.2, 0.25) is 0 Å². The van der Waals surface area contributed by atoms with E-state index in [9.17, 15) is 0 Å². The minimum atomic E-state index is 0.368. The topological polar surface area (TPSA) is 12.5 Å². The van der Waals surface area contributed by atoms with Crippen LogP contribution in [0.2, 0.25) is 0 Å². The molecule has 0 N–H and O–H groups in total. The van der Waals surface area contributed by atoms with Gasteiger partial charge in [-0.1, -0.05) is 25.1 Å². The third-order valence-electron chi connectivity index (χ3n) is 3.29. The fraction of sp³-hybridized carbons (Fsp3) is 0.571. The van der Waals surface area contributed by atoms with E-state index >= 15 is 0 Å². The largest absolute Gasteiger partial charge is 0.490 e. The molecule has 1 heterocycles. The maximum absolute atomic E-state index is 6.07. The molecule has 2 atom stereocenters. The summed E-state index contributed by atoms with van der Waals surface area (Å²) in [4.78, 5) is 2.40. The Balaban J connectivity index is 1.98. The summed E-state index contributed by atoms with van der Waals surface area (Å²) in [6.07, 6.45) is 2.77. The lowest BCUT2D eigenvalue weighted by atomic mass is 10.0. The molecular formula is C14H21NO. The number of ether oxygens (including phenoxy) is 1. The van der Waals surface area contributed by atoms with Crippen LogP contribution in [0.5, 0.6) is 5.75 Å². The zero-order valence-electron chi connectivity index (χ0n) is 10.2. The zero-order chi connectivity index (χ0) is 11.4. The van der Waals surface area contributed by atoms with E-state index in [2.05, 4.69) is 18.9 Å². The van der Waals surface area contributed by atoms with Crippen molar-refractivity contribution in [3.05, 3.63) is 30.3 Å². The molecule has 0 aliphatic carbocycles. The second-order valence-electron chi connectivity index (χ2n) is 4.85. The van der Waals surface area contributed by atoms with Gasteiger partial charge in [-0.05, 0) is 38.6 Å². The van der Waals surface area contributed by atoms with Gasteiger partial charge >= 0.3 is 0 Å². The first-order valence-corrected chi connectivity index (χ1v) is 6.16. The molecule has 2 nitrogen and oxygen atoms in total. The molecule has 1 aromatic rings. The molecular weight excluding hydrogens is 198 g/mol. The zero-order valence-corrected chi connectivity index (χ0v) is 10.2. The summed E-state index contributed by atoms with van der Waals surface area (Å²) in [5.41, 5.74) is 0. The molecule has 0 saturated carbocycles. The normalized spacial score (nSPS) is 27.4. The van der Waals surface area contributed by atoms with Crippen molar-refractivity contribution < 1.29 is 4.74 Å². The van der Waals surface area contributed by atoms with Crippen molar-refractivity contribution >= 4 is 0 Å². The minimum Gasteiger partial charge on any atom is -0.490 e. The monoisotopic (exact) mass is 219 g/mol. The summed E-state index contributed by atoms with van der Waals surface area (Å²) in [6.45, 7) is 4.62. The van der Waals surface area contributed by atoms with Crippen LogP contribution in [0.1, 0.15) is 19.8 Å². The average Bonchev–Trinajstić information content (AvgIpc) is 2.43. The summed E-state index contributed by atoms with van der Waals surface area (Å²) in [7, 11) is 2.20. The van der Waals surface area contributed by atoms with Crippen molar-refractivity contribution in [1.82, 2.24) is 4.90 Å². The molecule has 0 aromatic heterocycles. The number of para-hydroxylation sites is 1. The van der Waals surface area contributed by atoms with Crippen LogP contribution in [-0.2, 0) is 0 Å². The third kappa shape index (κ3) is 2.99. The number of hydrogen-bond acceptors (Lipinski definition) is 2. The van der Waals surface area contributed by atoms with Crippen molar-refractivity contribution in [3.63, 3.8) is 0 Å². The SMILES string of the molecule is CC1CN(C)CCCC1Oc1ccccc1. The Labute approximate surface area is 98.2 Å². The highest BCUT2D eigenvalue weighted by Crippen LogP contribution is 2.22. The summed E-state index contributed by atoms with van der Waals surface area (Å²) < 4.78 is 6.07. The van der Waals surface area contributed by atoms with E-state index < -0.39 is 0 Å². The molecule has 2 unspecified atom stereocenters. The number of nitrogens with zero attached hydrogens (tertiary/aromatic N) is 1. The van der Waals surface area contributed by atoms with Crippen LogP contribution in [0.3, 0.4) is 0 Å². The highest BCUT2D eigenvalue weighted by Gasteiger charge is 2.23. The maximum Gasteiger partial charge on any atom is 0.119 e. The quantitative estimate of drug-likeness (QED) is 0.758. The molecule has 1 aliphatic heterocycles. The Morgan fingerprint density at radius 2 is 2.00 bits per heavy atom. The van der Waals surface area contributed by atoms with E-state index in [4.69, 9.17) is 4.74 Å². The van der Waals surface area contributed by atoms with Crippen LogP contribution in [0, 0.1) is 5.92 Å². The molecule has 0 bridgehead atoms. The number of benzene rings is 1. The van der Waals surface area contributed by atoms with E-state index in [0.717, 1.165) is 12.3 Å². The molecule has 2 rings (SSSR count). The number of hydrogen-bond donors (Lipinski definition) is 0. The Bertz CT molecular complexity index is 312. The Hall–Kier alpha value is -1.02. The van der Waals surface area contributed by atoms with Crippen LogP contribution in [0.15, 0.2) is 30.3 Å². The Morgan fingerprint density at radius 1 is 1.25 bits per heavy atom. The molecule has 88 valence electrons. The van der Waals surface area contributed by atoms with Crippen molar-refractivity contribution in [3.8, 4) is 5.75 Å². The lowest BCUT2D eigenvalue weighted by Crippen LogP contribution is -2.30. The van der Waals surface area contributed by atoms with Gasteiger partial charge in [0.25, 0.3) is 0 Å². The molecule has 1 saturated heterocycles. The van der Waals surface area contributed by atoms with Crippen molar-refractivity contribution in [1.29, 1.82) is 0 Å². The second-order valence-corrected chi connectivity index (χ2v) is 4.85. The Morgan fingerprint density at radius 3 is 2.75 bits per heavy atom. The van der Waals surface area contributed by atoms with Gasteiger partial charge < -0.3 is 9.64 Å². The van der Waals surface area contributed by atoms with Crippen molar-refractivity contribution in [2.75, 3.05) is 20.1 Å². The highest BCUT2D eigenvalue weighted by atomic mass is 16.5. The smallest absolute Gasteiger partial charge is 0.119 e. The molecule has 16 heavy (non-hydrogen) atoms. The summed E-state index contributed by atoms with van der Waals surface area (Å²) in [5.74, 6) is 1.61. The predicted molar refractivity (Wildman–Crippen MR) is 66.8 cm³/mol. The average molecular weight is 219 g/mol. The van der Waals surface area contributed by atoms with Gasteiger partial charge in [0.15, 0.2) is 0 Å². The van der Waals surface area contributed by atoms with Gasteiger partial charge in [0.05, 0.1) is 0 Å². The van der Waals surface area contributed by atoms with Crippen LogP contribution in [0.25, 0.3) is 0 Å². The first kappa shape index (κ1) is 11.5. The molecule has 1 aromatic carbocycles. The Kier molecular flexibility index (Phi) is 3.83. The maximum atomic E-state index is 6.07. The molecule has 2 heteroatoms. The van der Waals surface area contributed by atoms with Crippen LogP contribution in [-0.4, -0.2) is 31.1 Å². The highest BCUT2D eigenvalue weighted by molar-refractivity contribution is 5.21. The first-order valence-electron chi connectivity index (χ1n) is 6.16. The summed E-state index contributed by atoms with van der Waals surface area (Å²) >= 11 is 0. The molecule has 1 fully saturated rings. The van der Waals surface area contributed by atoms with Crippen LogP contribution >= 0.6 is 0 Å². The van der Waals surface area contributed by atoms with E-state index in [-0.39, 0.29) is 0 Å². The second kappa shape index (κ2) is 5.35. The van der Waals surface area contributed by atoms with Crippen molar-refractivity contribution in [2.45, 2.75) is 25.9 Å². The van der Waals surface area contributed by atoms with Crippen LogP contribution < -0.4 is 4.74 Å². The summed E-state index contributed by atoms with van der Waals surface area (Å²) in [5, 5.41) is 0. The molecule has 1 aliphatic rings. The summed E-state index contributed by atoms with van der Waals surface area (Å²) in [6, 6.07) is 10.2. The molecule has 0 radical (unpaired) electrons. The van der Waals surface area contributed by atoms with Gasteiger partial charge in [0.1, 0.15) is 11.9 Å². The van der Waals surface area contributed by atoms with E-state index in [1.807, 2.05) is 30.3 Å². The predicted octanol–water partition coefficient (Wildman–Crippen LogP) is 2.80. The number of likely N-dealkylation sites (tertiary alicyclic amines) is 1. The fourth-order valence-electron chi connectivity index (χ4n) is 2.40. The lowest BCUT2D eigenvalue weighted by molar-refractivity contribution is 0.131. The lowest BCUT2D eigenvalue weighted by Gasteiger charge is -2.24. The van der Waals surface area contributed by atoms with Crippen LogP contribution in [0.4, 0.5) is 0 Å². The van der Waals surface area contributed by atoms with E-state index in [0.29, 0.717) is 12.0 Å². The van der Waals surface area contributed by atoms with Gasteiger partial charge in [0, 0.05) is 12.5 Å². The molecule has 0 amide bonds. The van der Waals surface area contributed by atoms with Gasteiger partial charge in [-0.15, -0.1) is 0 Å².